The SMILES string of the molecule is CCCc1cc(C#Cc2ccccc2)cc(C(C)CC)c1N1C(=O)c2ccc3c4cccc5c(Oc6ccc(C(C)(C)C)cc6)ccc(c6ccc(c2c36)C1=O)c54. The number of imide groups is 1. The molecule has 57 heavy (non-hydrogen) atoms. The topological polar surface area (TPSA) is 46.6 Å². The number of anilines is 1. The van der Waals surface area contributed by atoms with Crippen molar-refractivity contribution >= 4 is 60.6 Å². The van der Waals surface area contributed by atoms with Gasteiger partial charge in [0.1, 0.15) is 11.5 Å². The lowest BCUT2D eigenvalue weighted by Gasteiger charge is -2.32. The molecule has 1 aliphatic heterocycles. The third-order valence-corrected chi connectivity index (χ3v) is 11.8. The quantitative estimate of drug-likeness (QED) is 0.0707. The van der Waals surface area contributed by atoms with Crippen LogP contribution in [-0.2, 0) is 11.8 Å². The average molecular weight is 744 g/mol. The second-order valence-corrected chi connectivity index (χ2v) is 16.5. The van der Waals surface area contributed by atoms with Gasteiger partial charge < -0.3 is 4.74 Å². The predicted octanol–water partition coefficient (Wildman–Crippen LogP) is 13.5. The van der Waals surface area contributed by atoms with Gasteiger partial charge in [0.15, 0.2) is 0 Å². The van der Waals surface area contributed by atoms with E-state index in [1.165, 1.54) is 10.5 Å². The Morgan fingerprint density at radius 1 is 0.632 bits per heavy atom. The highest BCUT2D eigenvalue weighted by Gasteiger charge is 2.38. The highest BCUT2D eigenvalue weighted by Crippen LogP contribution is 2.47. The fourth-order valence-electron chi connectivity index (χ4n) is 8.69. The first-order valence-corrected chi connectivity index (χ1v) is 20.1. The number of carbonyl (C=O) groups excluding carboxylic acids is 2. The summed E-state index contributed by atoms with van der Waals surface area (Å²) in [5.74, 6) is 7.78. The lowest BCUT2D eigenvalue weighted by atomic mass is 9.83. The summed E-state index contributed by atoms with van der Waals surface area (Å²) in [5, 5.41) is 7.93. The molecule has 0 aromatic heterocycles. The molecule has 0 saturated heterocycles. The fraction of sp³-hybridized carbons (Fsp3) is 0.208. The van der Waals surface area contributed by atoms with E-state index in [1.807, 2.05) is 60.7 Å². The van der Waals surface area contributed by atoms with Crippen LogP contribution in [0, 0.1) is 11.8 Å². The van der Waals surface area contributed by atoms with E-state index in [-0.39, 0.29) is 23.1 Å². The van der Waals surface area contributed by atoms with Crippen LogP contribution in [0.4, 0.5) is 5.69 Å². The maximum Gasteiger partial charge on any atom is 0.266 e. The van der Waals surface area contributed by atoms with Gasteiger partial charge in [-0.1, -0.05) is 120 Å². The summed E-state index contributed by atoms with van der Waals surface area (Å²) in [6.45, 7) is 13.1. The summed E-state index contributed by atoms with van der Waals surface area (Å²) < 4.78 is 6.55. The predicted molar refractivity (Wildman–Crippen MR) is 236 cm³/mol. The summed E-state index contributed by atoms with van der Waals surface area (Å²) >= 11 is 0. The zero-order chi connectivity index (χ0) is 39.6. The van der Waals surface area contributed by atoms with Crippen LogP contribution in [0.2, 0.25) is 0 Å². The fourth-order valence-corrected chi connectivity index (χ4v) is 8.69. The summed E-state index contributed by atoms with van der Waals surface area (Å²) in [6, 6.07) is 40.9. The molecule has 8 aromatic rings. The van der Waals surface area contributed by atoms with Crippen LogP contribution in [0.5, 0.6) is 11.5 Å². The highest BCUT2D eigenvalue weighted by atomic mass is 16.5. The molecule has 0 bridgehead atoms. The van der Waals surface area contributed by atoms with Gasteiger partial charge in [-0.2, -0.15) is 0 Å². The Kier molecular flexibility index (Phi) is 8.86. The lowest BCUT2D eigenvalue weighted by molar-refractivity contribution is 0.0893. The van der Waals surface area contributed by atoms with E-state index in [4.69, 9.17) is 4.74 Å². The van der Waals surface area contributed by atoms with Gasteiger partial charge in [-0.3, -0.25) is 9.59 Å². The number of ether oxygens (including phenoxy) is 1. The number of nitrogens with zero attached hydrogens (tertiary/aromatic N) is 1. The number of carbonyl (C=O) groups is 2. The Morgan fingerprint density at radius 3 is 1.89 bits per heavy atom. The molecule has 0 fully saturated rings. The summed E-state index contributed by atoms with van der Waals surface area (Å²) in [7, 11) is 0. The van der Waals surface area contributed by atoms with Crippen molar-refractivity contribution in [1.29, 1.82) is 0 Å². The second kappa shape index (κ2) is 13.9. The molecule has 280 valence electrons. The number of fused-ring (bicyclic) bond motifs is 2. The van der Waals surface area contributed by atoms with Gasteiger partial charge in [-0.05, 0) is 128 Å². The molecule has 2 amide bonds. The van der Waals surface area contributed by atoms with Gasteiger partial charge in [0.2, 0.25) is 0 Å². The number of hydrogen-bond donors (Lipinski definition) is 0. The van der Waals surface area contributed by atoms with Crippen LogP contribution in [0.25, 0.3) is 43.1 Å². The van der Waals surface area contributed by atoms with Crippen LogP contribution in [-0.4, -0.2) is 11.8 Å². The Labute approximate surface area is 334 Å². The molecule has 9 rings (SSSR count). The molecular formula is C53H45NO3. The Hall–Kier alpha value is -6.44. The van der Waals surface area contributed by atoms with E-state index >= 15 is 0 Å². The molecule has 8 aromatic carbocycles. The standard InChI is InChI=1S/C53H45NO3/c1-7-13-35-30-34(19-18-33-14-10-9-11-15-33)31-45(32(3)8-2)50(35)54-51(55)43-26-24-40-38-16-12-17-42-46(57-37-22-20-36(21-23-37)53(4,5)6)29-28-39(47(38)42)41-25-27-44(52(54)56)49(43)48(40)41/h9-12,14-17,20-32H,7-8,13H2,1-6H3. The molecule has 0 saturated carbocycles. The van der Waals surface area contributed by atoms with Crippen molar-refractivity contribution in [2.45, 2.75) is 72.1 Å². The molecule has 0 spiro atoms. The van der Waals surface area contributed by atoms with Gasteiger partial charge in [0.25, 0.3) is 11.8 Å². The molecule has 1 unspecified atom stereocenters. The van der Waals surface area contributed by atoms with Crippen LogP contribution in [0.3, 0.4) is 0 Å². The third kappa shape index (κ3) is 6.01. The Bertz CT molecular complexity index is 2890. The normalized spacial score (nSPS) is 13.5. The lowest BCUT2D eigenvalue weighted by Crippen LogP contribution is -2.41. The van der Waals surface area contributed by atoms with Gasteiger partial charge >= 0.3 is 0 Å². The summed E-state index contributed by atoms with van der Waals surface area (Å²) in [6.07, 6.45) is 2.43. The minimum Gasteiger partial charge on any atom is -0.457 e. The van der Waals surface area contributed by atoms with Gasteiger partial charge in [0.05, 0.1) is 5.69 Å². The first kappa shape index (κ1) is 36.2. The van der Waals surface area contributed by atoms with Crippen molar-refractivity contribution in [2.75, 3.05) is 4.90 Å². The van der Waals surface area contributed by atoms with E-state index < -0.39 is 0 Å². The first-order chi connectivity index (χ1) is 27.6. The average Bonchev–Trinajstić information content (AvgIpc) is 3.22. The Balaban J connectivity index is 1.19. The smallest absolute Gasteiger partial charge is 0.266 e. The molecule has 4 heteroatoms. The zero-order valence-electron chi connectivity index (χ0n) is 33.4. The Morgan fingerprint density at radius 2 is 1.25 bits per heavy atom. The minimum absolute atomic E-state index is 0.0550. The summed E-state index contributed by atoms with van der Waals surface area (Å²) in [5.41, 5.74) is 6.87. The van der Waals surface area contributed by atoms with Gasteiger partial charge in [-0.25, -0.2) is 4.90 Å². The van der Waals surface area contributed by atoms with E-state index in [2.05, 4.69) is 114 Å². The van der Waals surface area contributed by atoms with Crippen molar-refractivity contribution < 1.29 is 14.3 Å². The maximum absolute atomic E-state index is 14.9. The molecule has 1 atom stereocenters. The number of rotatable bonds is 7. The largest absolute Gasteiger partial charge is 0.457 e. The van der Waals surface area contributed by atoms with Crippen molar-refractivity contribution in [3.8, 4) is 23.3 Å². The molecular weight excluding hydrogens is 699 g/mol. The van der Waals surface area contributed by atoms with Gasteiger partial charge in [0, 0.05) is 38.4 Å². The molecule has 0 aliphatic carbocycles. The highest BCUT2D eigenvalue weighted by molar-refractivity contribution is 6.42. The van der Waals surface area contributed by atoms with E-state index in [9.17, 15) is 9.59 Å². The molecule has 0 N–H and O–H groups in total. The maximum atomic E-state index is 14.9. The van der Waals surface area contributed by atoms with E-state index in [1.54, 1.807) is 0 Å². The minimum atomic E-state index is -0.286. The number of amides is 2. The van der Waals surface area contributed by atoms with Crippen LogP contribution in [0.1, 0.15) is 109 Å². The zero-order valence-corrected chi connectivity index (χ0v) is 33.4. The van der Waals surface area contributed by atoms with Crippen LogP contribution in [0.15, 0.2) is 121 Å². The third-order valence-electron chi connectivity index (χ3n) is 11.8. The molecule has 1 heterocycles. The number of hydrogen-bond acceptors (Lipinski definition) is 3. The monoisotopic (exact) mass is 743 g/mol. The molecule has 1 aliphatic rings. The van der Waals surface area contributed by atoms with E-state index in [0.717, 1.165) is 89.7 Å². The number of benzene rings is 8. The first-order valence-electron chi connectivity index (χ1n) is 20.1. The number of aryl methyl sites for hydroxylation is 1. The van der Waals surface area contributed by atoms with Crippen LogP contribution >= 0.6 is 0 Å². The van der Waals surface area contributed by atoms with Crippen molar-refractivity contribution in [2.24, 2.45) is 0 Å². The van der Waals surface area contributed by atoms with Gasteiger partial charge in [-0.15, -0.1) is 0 Å². The van der Waals surface area contributed by atoms with Crippen molar-refractivity contribution in [1.82, 2.24) is 0 Å². The van der Waals surface area contributed by atoms with Crippen molar-refractivity contribution in [3.05, 3.63) is 160 Å². The van der Waals surface area contributed by atoms with Crippen molar-refractivity contribution in [3.63, 3.8) is 0 Å². The van der Waals surface area contributed by atoms with Crippen LogP contribution < -0.4 is 9.64 Å². The summed E-state index contributed by atoms with van der Waals surface area (Å²) in [4.78, 5) is 31.4. The molecule has 4 nitrogen and oxygen atoms in total. The van der Waals surface area contributed by atoms with E-state index in [0.29, 0.717) is 23.2 Å². The molecule has 0 radical (unpaired) electrons. The second-order valence-electron chi connectivity index (χ2n) is 16.5.